The molecule has 4 rings (SSSR count). The molecule has 1 saturated heterocycles. The number of carbonyl (C=O) groups excluding carboxylic acids is 1. The molecule has 0 radical (unpaired) electrons. The van der Waals surface area contributed by atoms with E-state index in [0.29, 0.717) is 32.1 Å². The van der Waals surface area contributed by atoms with Crippen LogP contribution in [0.2, 0.25) is 10.0 Å². The second-order valence-corrected chi connectivity index (χ2v) is 13.7. The standard InChI is InChI=1S/C27H29Cl2N3O7S2/c1-20-2-7-24(8-3-20)41(36,37)32(21-4-11-25(28)26(29)18-21)19-27(33)30-12-15-39-22-5-9-23(10-6-22)40(34,35)31-13-16-38-17-14-31/h2-11,18H,12-17,19H2,1H3,(H,30,33). The monoisotopic (exact) mass is 641 g/mol. The molecule has 0 aromatic heterocycles. The second-order valence-electron chi connectivity index (χ2n) is 9.11. The molecule has 0 atom stereocenters. The largest absolute Gasteiger partial charge is 0.492 e. The van der Waals surface area contributed by atoms with Gasteiger partial charge in [-0.2, -0.15) is 4.31 Å². The third-order valence-electron chi connectivity index (χ3n) is 6.21. The maximum Gasteiger partial charge on any atom is 0.264 e. The number of carbonyl (C=O) groups is 1. The topological polar surface area (TPSA) is 122 Å². The summed E-state index contributed by atoms with van der Waals surface area (Å²) in [5.74, 6) is -0.151. The van der Waals surface area contributed by atoms with E-state index in [9.17, 15) is 21.6 Å². The number of nitrogens with zero attached hydrogens (tertiary/aromatic N) is 2. The first-order chi connectivity index (χ1) is 19.5. The highest BCUT2D eigenvalue weighted by molar-refractivity contribution is 7.92. The summed E-state index contributed by atoms with van der Waals surface area (Å²) in [5, 5.41) is 3.04. The Hall–Kier alpha value is -2.87. The van der Waals surface area contributed by atoms with Crippen LogP contribution in [0, 0.1) is 6.92 Å². The summed E-state index contributed by atoms with van der Waals surface area (Å²) < 4.78 is 65.7. The Labute approximate surface area is 249 Å². The van der Waals surface area contributed by atoms with Gasteiger partial charge in [0, 0.05) is 13.1 Å². The molecule has 10 nitrogen and oxygen atoms in total. The van der Waals surface area contributed by atoms with Gasteiger partial charge in [0.05, 0.1) is 45.3 Å². The predicted molar refractivity (Wildman–Crippen MR) is 157 cm³/mol. The zero-order chi connectivity index (χ0) is 29.6. The Morgan fingerprint density at radius 2 is 1.56 bits per heavy atom. The van der Waals surface area contributed by atoms with E-state index in [1.165, 1.54) is 58.9 Å². The molecule has 3 aromatic carbocycles. The maximum absolute atomic E-state index is 13.5. The molecule has 0 aliphatic carbocycles. The van der Waals surface area contributed by atoms with Gasteiger partial charge in [-0.05, 0) is 61.5 Å². The quantitative estimate of drug-likeness (QED) is 0.317. The molecule has 220 valence electrons. The fraction of sp³-hybridized carbons (Fsp3) is 0.296. The van der Waals surface area contributed by atoms with E-state index in [4.69, 9.17) is 32.7 Å². The molecule has 1 amide bonds. The summed E-state index contributed by atoms with van der Waals surface area (Å²) in [6.07, 6.45) is 0. The molecule has 1 fully saturated rings. The number of rotatable bonds is 11. The molecule has 1 aliphatic heterocycles. The Bertz CT molecular complexity index is 1580. The van der Waals surface area contributed by atoms with Gasteiger partial charge in [-0.1, -0.05) is 40.9 Å². The van der Waals surface area contributed by atoms with Crippen LogP contribution in [0.4, 0.5) is 5.69 Å². The summed E-state index contributed by atoms with van der Waals surface area (Å²) >= 11 is 12.1. The number of benzene rings is 3. The van der Waals surface area contributed by atoms with E-state index in [1.54, 1.807) is 12.1 Å². The number of sulfonamides is 2. The van der Waals surface area contributed by atoms with Gasteiger partial charge in [-0.3, -0.25) is 9.10 Å². The highest BCUT2D eigenvalue weighted by Crippen LogP contribution is 2.30. The number of hydrogen-bond donors (Lipinski definition) is 1. The lowest BCUT2D eigenvalue weighted by atomic mass is 10.2. The average Bonchev–Trinajstić information content (AvgIpc) is 2.96. The summed E-state index contributed by atoms with van der Waals surface area (Å²) in [7, 11) is -7.73. The Morgan fingerprint density at radius 1 is 0.927 bits per heavy atom. The lowest BCUT2D eigenvalue weighted by molar-refractivity contribution is -0.119. The Morgan fingerprint density at radius 3 is 2.20 bits per heavy atom. The van der Waals surface area contributed by atoms with Gasteiger partial charge in [0.15, 0.2) is 0 Å². The molecule has 14 heteroatoms. The number of halogens is 2. The number of hydrogen-bond acceptors (Lipinski definition) is 7. The minimum atomic E-state index is -4.11. The van der Waals surface area contributed by atoms with Crippen LogP contribution in [-0.4, -0.2) is 73.0 Å². The third-order valence-corrected chi connectivity index (χ3v) is 10.7. The molecule has 0 spiro atoms. The lowest BCUT2D eigenvalue weighted by Crippen LogP contribution is -2.42. The van der Waals surface area contributed by atoms with Crippen molar-refractivity contribution in [3.63, 3.8) is 0 Å². The molecule has 1 aliphatic rings. The number of morpholine rings is 1. The highest BCUT2D eigenvalue weighted by atomic mass is 35.5. The first-order valence-electron chi connectivity index (χ1n) is 12.6. The van der Waals surface area contributed by atoms with Crippen molar-refractivity contribution in [3.05, 3.63) is 82.3 Å². The SMILES string of the molecule is Cc1ccc(S(=O)(=O)N(CC(=O)NCCOc2ccc(S(=O)(=O)N3CCOCC3)cc2)c2ccc(Cl)c(Cl)c2)cc1. The van der Waals surface area contributed by atoms with Crippen LogP contribution < -0.4 is 14.4 Å². The van der Waals surface area contributed by atoms with Crippen molar-refractivity contribution in [2.75, 3.05) is 50.3 Å². The smallest absolute Gasteiger partial charge is 0.264 e. The van der Waals surface area contributed by atoms with Gasteiger partial charge in [0.1, 0.15) is 18.9 Å². The Balaban J connectivity index is 1.37. The molecular formula is C27H29Cl2N3O7S2. The molecule has 3 aromatic rings. The van der Waals surface area contributed by atoms with Crippen LogP contribution in [0.3, 0.4) is 0 Å². The highest BCUT2D eigenvalue weighted by Gasteiger charge is 2.28. The Kier molecular flexibility index (Phi) is 10.2. The van der Waals surface area contributed by atoms with Crippen LogP contribution >= 0.6 is 23.2 Å². The average molecular weight is 643 g/mol. The normalized spacial score (nSPS) is 14.4. The van der Waals surface area contributed by atoms with Gasteiger partial charge in [-0.25, -0.2) is 16.8 Å². The van der Waals surface area contributed by atoms with Crippen molar-refractivity contribution in [1.29, 1.82) is 0 Å². The first kappa shape index (κ1) is 31.1. The van der Waals surface area contributed by atoms with E-state index < -0.39 is 32.5 Å². The molecule has 0 unspecified atom stereocenters. The summed E-state index contributed by atoms with van der Waals surface area (Å²) in [6.45, 7) is 2.78. The van der Waals surface area contributed by atoms with Gasteiger partial charge in [-0.15, -0.1) is 0 Å². The van der Waals surface area contributed by atoms with Crippen LogP contribution in [-0.2, 0) is 29.6 Å². The van der Waals surface area contributed by atoms with Crippen molar-refractivity contribution < 1.29 is 31.1 Å². The summed E-state index contributed by atoms with van der Waals surface area (Å²) in [5.41, 5.74) is 1.06. The van der Waals surface area contributed by atoms with E-state index in [-0.39, 0.29) is 38.7 Å². The van der Waals surface area contributed by atoms with Crippen molar-refractivity contribution in [3.8, 4) is 5.75 Å². The van der Waals surface area contributed by atoms with Crippen LogP contribution in [0.1, 0.15) is 5.56 Å². The van der Waals surface area contributed by atoms with Crippen molar-refractivity contribution in [2.45, 2.75) is 16.7 Å². The van der Waals surface area contributed by atoms with Crippen LogP contribution in [0.15, 0.2) is 76.5 Å². The maximum atomic E-state index is 13.5. The first-order valence-corrected chi connectivity index (χ1v) is 16.2. The zero-order valence-corrected chi connectivity index (χ0v) is 25.3. The predicted octanol–water partition coefficient (Wildman–Crippen LogP) is 3.71. The van der Waals surface area contributed by atoms with Crippen LogP contribution in [0.25, 0.3) is 0 Å². The van der Waals surface area contributed by atoms with E-state index in [1.807, 2.05) is 6.92 Å². The van der Waals surface area contributed by atoms with E-state index in [0.717, 1.165) is 9.87 Å². The molecule has 41 heavy (non-hydrogen) atoms. The molecule has 0 saturated carbocycles. The number of aryl methyl sites for hydroxylation is 1. The van der Waals surface area contributed by atoms with Gasteiger partial charge in [0.2, 0.25) is 15.9 Å². The van der Waals surface area contributed by atoms with Gasteiger partial charge < -0.3 is 14.8 Å². The number of ether oxygens (including phenoxy) is 2. The minimum absolute atomic E-state index is 0.0180. The second kappa shape index (κ2) is 13.4. The minimum Gasteiger partial charge on any atom is -0.492 e. The fourth-order valence-electron chi connectivity index (χ4n) is 3.98. The summed E-state index contributed by atoms with van der Waals surface area (Å²) in [6, 6.07) is 16.6. The van der Waals surface area contributed by atoms with Crippen LogP contribution in [0.5, 0.6) is 5.75 Å². The van der Waals surface area contributed by atoms with Gasteiger partial charge in [0.25, 0.3) is 10.0 Å². The van der Waals surface area contributed by atoms with E-state index in [2.05, 4.69) is 5.32 Å². The number of nitrogens with one attached hydrogen (secondary N) is 1. The van der Waals surface area contributed by atoms with Gasteiger partial charge >= 0.3 is 0 Å². The lowest BCUT2D eigenvalue weighted by Gasteiger charge is -2.26. The number of anilines is 1. The molecule has 1 N–H and O–H groups in total. The molecular weight excluding hydrogens is 613 g/mol. The summed E-state index contributed by atoms with van der Waals surface area (Å²) in [4.78, 5) is 13.0. The van der Waals surface area contributed by atoms with Crippen molar-refractivity contribution >= 4 is 54.8 Å². The number of amides is 1. The molecule has 1 heterocycles. The third kappa shape index (κ3) is 7.70. The fourth-order valence-corrected chi connectivity index (χ4v) is 7.10. The van der Waals surface area contributed by atoms with E-state index >= 15 is 0 Å². The molecule has 0 bridgehead atoms. The van der Waals surface area contributed by atoms with Crippen molar-refractivity contribution in [1.82, 2.24) is 9.62 Å². The zero-order valence-electron chi connectivity index (χ0n) is 22.1. The van der Waals surface area contributed by atoms with Crippen molar-refractivity contribution in [2.24, 2.45) is 0 Å².